The van der Waals surface area contributed by atoms with Crippen LogP contribution in [0.2, 0.25) is 0 Å². The van der Waals surface area contributed by atoms with Gasteiger partial charge in [-0.15, -0.1) is 0 Å². The van der Waals surface area contributed by atoms with Gasteiger partial charge in [0.2, 0.25) is 11.8 Å². The Balaban J connectivity index is 1.46. The van der Waals surface area contributed by atoms with Gasteiger partial charge in [-0.2, -0.15) is 0 Å². The Hall–Kier alpha value is -3.15. The van der Waals surface area contributed by atoms with Gasteiger partial charge in [0.25, 0.3) is 5.91 Å². The van der Waals surface area contributed by atoms with Gasteiger partial charge in [-0.3, -0.25) is 14.4 Å². The molecule has 4 rings (SSSR count). The summed E-state index contributed by atoms with van der Waals surface area (Å²) >= 11 is 0. The van der Waals surface area contributed by atoms with E-state index in [0.717, 1.165) is 11.1 Å². The van der Waals surface area contributed by atoms with Crippen LogP contribution in [0.4, 0.5) is 0 Å². The minimum atomic E-state index is -0.623. The van der Waals surface area contributed by atoms with Crippen molar-refractivity contribution in [2.45, 2.75) is 25.4 Å². The molecule has 2 fully saturated rings. The topological polar surface area (TPSA) is 69.7 Å². The highest BCUT2D eigenvalue weighted by atomic mass is 16.2. The largest absolute Gasteiger partial charge is 0.342 e. The van der Waals surface area contributed by atoms with Crippen LogP contribution in [-0.4, -0.2) is 59.2 Å². The zero-order valence-corrected chi connectivity index (χ0v) is 15.8. The van der Waals surface area contributed by atoms with Gasteiger partial charge in [0.1, 0.15) is 12.1 Å². The summed E-state index contributed by atoms with van der Waals surface area (Å²) in [6, 6.07) is 15.9. The van der Waals surface area contributed by atoms with Crippen LogP contribution < -0.4 is 5.32 Å². The lowest BCUT2D eigenvalue weighted by Crippen LogP contribution is -2.70. The van der Waals surface area contributed by atoms with E-state index in [0.29, 0.717) is 25.1 Å². The fourth-order valence-corrected chi connectivity index (χ4v) is 3.93. The molecule has 28 heavy (non-hydrogen) atoms. The SMILES string of the molecule is Cc1cccc(C(=O)N2CCN3C(=O)[C@H](Cc4ccccc4)NC(=O)[C@H]3C2)c1. The predicted octanol–water partition coefficient (Wildman–Crippen LogP) is 1.39. The number of carbonyl (C=O) groups is 3. The summed E-state index contributed by atoms with van der Waals surface area (Å²) in [6.45, 7) is 2.97. The molecule has 6 nitrogen and oxygen atoms in total. The van der Waals surface area contributed by atoms with E-state index in [-0.39, 0.29) is 24.3 Å². The van der Waals surface area contributed by atoms with Crippen LogP contribution in [0.25, 0.3) is 0 Å². The second-order valence-corrected chi connectivity index (χ2v) is 7.42. The molecule has 2 aliphatic rings. The van der Waals surface area contributed by atoms with Crippen molar-refractivity contribution in [3.8, 4) is 0 Å². The summed E-state index contributed by atoms with van der Waals surface area (Å²) < 4.78 is 0. The molecule has 1 N–H and O–H groups in total. The van der Waals surface area contributed by atoms with Crippen LogP contribution in [0.15, 0.2) is 54.6 Å². The van der Waals surface area contributed by atoms with E-state index in [1.54, 1.807) is 15.9 Å². The van der Waals surface area contributed by atoms with Crippen LogP contribution in [-0.2, 0) is 16.0 Å². The third kappa shape index (κ3) is 3.50. The van der Waals surface area contributed by atoms with E-state index >= 15 is 0 Å². The maximum atomic E-state index is 12.9. The molecule has 0 radical (unpaired) electrons. The van der Waals surface area contributed by atoms with Gasteiger partial charge in [-0.05, 0) is 24.6 Å². The first-order chi connectivity index (χ1) is 13.5. The quantitative estimate of drug-likeness (QED) is 0.879. The molecule has 2 atom stereocenters. The number of hydrogen-bond acceptors (Lipinski definition) is 3. The van der Waals surface area contributed by atoms with Crippen LogP contribution in [0, 0.1) is 6.92 Å². The Morgan fingerprint density at radius 3 is 2.61 bits per heavy atom. The number of piperazine rings is 2. The van der Waals surface area contributed by atoms with E-state index in [4.69, 9.17) is 0 Å². The monoisotopic (exact) mass is 377 g/mol. The molecule has 0 saturated carbocycles. The van der Waals surface area contributed by atoms with Crippen molar-refractivity contribution >= 4 is 17.7 Å². The van der Waals surface area contributed by atoms with Crippen molar-refractivity contribution in [3.05, 3.63) is 71.3 Å². The van der Waals surface area contributed by atoms with Crippen molar-refractivity contribution in [2.24, 2.45) is 0 Å². The first-order valence-corrected chi connectivity index (χ1v) is 9.53. The molecule has 2 aromatic rings. The Morgan fingerprint density at radius 2 is 1.86 bits per heavy atom. The fourth-order valence-electron chi connectivity index (χ4n) is 3.93. The summed E-state index contributed by atoms with van der Waals surface area (Å²) in [6.07, 6.45) is 0.473. The second-order valence-electron chi connectivity index (χ2n) is 7.42. The Labute approximate surface area is 164 Å². The third-order valence-corrected chi connectivity index (χ3v) is 5.42. The zero-order chi connectivity index (χ0) is 19.7. The number of rotatable bonds is 3. The lowest BCUT2D eigenvalue weighted by Gasteiger charge is -2.45. The van der Waals surface area contributed by atoms with Crippen LogP contribution in [0.5, 0.6) is 0 Å². The summed E-state index contributed by atoms with van der Waals surface area (Å²) in [7, 11) is 0. The van der Waals surface area contributed by atoms with Crippen LogP contribution in [0.1, 0.15) is 21.5 Å². The number of nitrogens with zero attached hydrogens (tertiary/aromatic N) is 2. The summed E-state index contributed by atoms with van der Waals surface area (Å²) in [5.74, 6) is -0.367. The molecule has 6 heteroatoms. The maximum absolute atomic E-state index is 12.9. The highest BCUT2D eigenvalue weighted by Gasteiger charge is 2.44. The number of fused-ring (bicyclic) bond motifs is 1. The molecule has 0 unspecified atom stereocenters. The summed E-state index contributed by atoms with van der Waals surface area (Å²) in [5, 5.41) is 2.85. The number of benzene rings is 2. The van der Waals surface area contributed by atoms with Gasteiger partial charge in [-0.1, -0.05) is 48.0 Å². The number of carbonyl (C=O) groups excluding carboxylic acids is 3. The molecule has 0 spiro atoms. The number of nitrogens with one attached hydrogen (secondary N) is 1. The molecule has 144 valence electrons. The molecule has 0 aromatic heterocycles. The number of aryl methyl sites for hydroxylation is 1. The standard InChI is InChI=1S/C22H23N3O3/c1-15-6-5-9-17(12-15)21(27)24-10-11-25-19(14-24)20(26)23-18(22(25)28)13-16-7-3-2-4-8-16/h2-9,12,18-19H,10-11,13-14H2,1H3,(H,23,26)/t18-,19+/m0/s1. The highest BCUT2D eigenvalue weighted by Crippen LogP contribution is 2.20. The van der Waals surface area contributed by atoms with Gasteiger partial charge in [0.05, 0.1) is 6.54 Å². The smallest absolute Gasteiger partial charge is 0.254 e. The molecule has 2 aliphatic heterocycles. The second kappa shape index (κ2) is 7.46. The van der Waals surface area contributed by atoms with Crippen molar-refractivity contribution in [3.63, 3.8) is 0 Å². The normalized spacial score (nSPS) is 21.9. The van der Waals surface area contributed by atoms with Crippen molar-refractivity contribution in [1.82, 2.24) is 15.1 Å². The van der Waals surface area contributed by atoms with Crippen molar-refractivity contribution < 1.29 is 14.4 Å². The van der Waals surface area contributed by atoms with E-state index in [2.05, 4.69) is 5.32 Å². The Bertz CT molecular complexity index is 912. The van der Waals surface area contributed by atoms with Gasteiger partial charge < -0.3 is 15.1 Å². The van der Waals surface area contributed by atoms with Gasteiger partial charge in [-0.25, -0.2) is 0 Å². The highest BCUT2D eigenvalue weighted by molar-refractivity contribution is 5.99. The average molecular weight is 377 g/mol. The molecule has 2 heterocycles. The molecule has 0 aliphatic carbocycles. The van der Waals surface area contributed by atoms with Gasteiger partial charge in [0, 0.05) is 25.1 Å². The summed E-state index contributed by atoms with van der Waals surface area (Å²) in [4.78, 5) is 41.7. The molecule has 0 bridgehead atoms. The fraction of sp³-hybridized carbons (Fsp3) is 0.318. The first-order valence-electron chi connectivity index (χ1n) is 9.53. The minimum Gasteiger partial charge on any atom is -0.342 e. The lowest BCUT2D eigenvalue weighted by atomic mass is 9.98. The van der Waals surface area contributed by atoms with Crippen LogP contribution >= 0.6 is 0 Å². The number of hydrogen-bond donors (Lipinski definition) is 1. The van der Waals surface area contributed by atoms with E-state index < -0.39 is 12.1 Å². The van der Waals surface area contributed by atoms with Crippen LogP contribution in [0.3, 0.4) is 0 Å². The molecule has 3 amide bonds. The predicted molar refractivity (Wildman–Crippen MR) is 105 cm³/mol. The lowest BCUT2D eigenvalue weighted by molar-refractivity contribution is -0.152. The zero-order valence-electron chi connectivity index (χ0n) is 15.8. The van der Waals surface area contributed by atoms with E-state index in [1.807, 2.05) is 55.5 Å². The Morgan fingerprint density at radius 1 is 1.07 bits per heavy atom. The minimum absolute atomic E-state index is 0.0730. The molecular weight excluding hydrogens is 354 g/mol. The van der Waals surface area contributed by atoms with Gasteiger partial charge in [0.15, 0.2) is 0 Å². The number of amides is 3. The average Bonchev–Trinajstić information content (AvgIpc) is 2.71. The van der Waals surface area contributed by atoms with Crippen molar-refractivity contribution in [2.75, 3.05) is 19.6 Å². The van der Waals surface area contributed by atoms with E-state index in [1.165, 1.54) is 0 Å². The van der Waals surface area contributed by atoms with Gasteiger partial charge >= 0.3 is 0 Å². The van der Waals surface area contributed by atoms with Crippen molar-refractivity contribution in [1.29, 1.82) is 0 Å². The molecule has 2 aromatic carbocycles. The molecule has 2 saturated heterocycles. The maximum Gasteiger partial charge on any atom is 0.254 e. The molecular formula is C22H23N3O3. The van der Waals surface area contributed by atoms with E-state index in [9.17, 15) is 14.4 Å². The third-order valence-electron chi connectivity index (χ3n) is 5.42. The first kappa shape index (κ1) is 18.2. The summed E-state index contributed by atoms with van der Waals surface area (Å²) in [5.41, 5.74) is 2.63. The Kier molecular flexibility index (Phi) is 4.86.